The van der Waals surface area contributed by atoms with Gasteiger partial charge in [-0.3, -0.25) is 14.6 Å². The lowest BCUT2D eigenvalue weighted by Crippen LogP contribution is -2.51. The predicted octanol–water partition coefficient (Wildman–Crippen LogP) is 1.31. The summed E-state index contributed by atoms with van der Waals surface area (Å²) in [6.45, 7) is 2.99. The molecule has 11 heteroatoms. The van der Waals surface area contributed by atoms with Crippen LogP contribution in [-0.4, -0.2) is 71.3 Å². The van der Waals surface area contributed by atoms with Crippen LogP contribution in [0.3, 0.4) is 0 Å². The highest BCUT2D eigenvalue weighted by atomic mass is 32.1. The third-order valence-electron chi connectivity index (χ3n) is 6.25. The quantitative estimate of drug-likeness (QED) is 0.428. The average Bonchev–Trinajstić information content (AvgIpc) is 3.63. The fourth-order valence-corrected chi connectivity index (χ4v) is 5.07. The van der Waals surface area contributed by atoms with Crippen molar-refractivity contribution < 1.29 is 19.8 Å². The van der Waals surface area contributed by atoms with E-state index < -0.39 is 30.1 Å². The number of thiazole rings is 1. The fraction of sp³-hybridized carbons (Fsp3) is 0.458. The maximum absolute atomic E-state index is 13.0. The first-order chi connectivity index (χ1) is 16.8. The summed E-state index contributed by atoms with van der Waals surface area (Å²) in [5, 5.41) is 28.4. The number of benzene rings is 1. The monoisotopic (exact) mass is 500 g/mol. The molecule has 4 N–H and O–H groups in total. The van der Waals surface area contributed by atoms with E-state index in [1.807, 2.05) is 65.9 Å². The van der Waals surface area contributed by atoms with Gasteiger partial charge in [-0.15, -0.1) is 11.3 Å². The minimum atomic E-state index is -1.88. The standard InChI is InChI=1S/C24H32N6O4S/c1-15(16-7-9-17(10-8-16)30-13-5-11-25-30)26-22(33)20(31)21(32)23(34)29-12-4-6-19(29)18-14-35-24(27-18)28(2)3/h5,7-10,13-15,19-21,25,31-32H,4,6,11-12H2,1-3H3,(H,26,33)/t15-,19-,20-,21-/m1/s1. The van der Waals surface area contributed by atoms with Gasteiger partial charge in [0.2, 0.25) is 0 Å². The molecule has 2 aromatic rings. The molecule has 0 spiro atoms. The predicted molar refractivity (Wildman–Crippen MR) is 135 cm³/mol. The zero-order valence-corrected chi connectivity index (χ0v) is 20.9. The third-order valence-corrected chi connectivity index (χ3v) is 7.28. The maximum atomic E-state index is 13.0. The number of anilines is 2. The van der Waals surface area contributed by atoms with Crippen LogP contribution in [0, 0.1) is 0 Å². The van der Waals surface area contributed by atoms with Crippen molar-refractivity contribution in [2.24, 2.45) is 0 Å². The van der Waals surface area contributed by atoms with Crippen LogP contribution in [0.1, 0.15) is 43.1 Å². The second-order valence-corrected chi connectivity index (χ2v) is 9.80. The van der Waals surface area contributed by atoms with E-state index in [1.165, 1.54) is 16.2 Å². The second kappa shape index (κ2) is 10.7. The van der Waals surface area contributed by atoms with Crippen molar-refractivity contribution in [2.45, 2.75) is 44.1 Å². The Hall–Kier alpha value is -2.99. The molecule has 1 saturated heterocycles. The molecule has 4 atom stereocenters. The minimum Gasteiger partial charge on any atom is -0.380 e. The van der Waals surface area contributed by atoms with Crippen molar-refractivity contribution in [3.8, 4) is 0 Å². The molecular weight excluding hydrogens is 468 g/mol. The molecular formula is C24H32N6O4S. The van der Waals surface area contributed by atoms with Crippen molar-refractivity contribution >= 4 is 34.0 Å². The van der Waals surface area contributed by atoms with Crippen molar-refractivity contribution in [3.05, 3.63) is 53.2 Å². The van der Waals surface area contributed by atoms with E-state index in [1.54, 1.807) is 6.92 Å². The number of hydrogen-bond acceptors (Lipinski definition) is 9. The number of hydrazine groups is 1. The van der Waals surface area contributed by atoms with Gasteiger partial charge in [0, 0.05) is 38.8 Å². The third kappa shape index (κ3) is 5.48. The number of likely N-dealkylation sites (tertiary alicyclic amines) is 1. The Kier molecular flexibility index (Phi) is 7.70. The number of aliphatic hydroxyl groups is 2. The smallest absolute Gasteiger partial charge is 0.255 e. The van der Waals surface area contributed by atoms with Gasteiger partial charge in [0.25, 0.3) is 11.8 Å². The molecule has 1 aromatic heterocycles. The molecule has 3 heterocycles. The molecule has 4 rings (SSSR count). The van der Waals surface area contributed by atoms with E-state index in [4.69, 9.17) is 0 Å². The largest absolute Gasteiger partial charge is 0.380 e. The van der Waals surface area contributed by atoms with Crippen molar-refractivity contribution in [3.63, 3.8) is 0 Å². The summed E-state index contributed by atoms with van der Waals surface area (Å²) in [5.74, 6) is -1.47. The number of nitrogens with one attached hydrogen (secondary N) is 2. The minimum absolute atomic E-state index is 0.283. The summed E-state index contributed by atoms with van der Waals surface area (Å²) in [7, 11) is 3.80. The molecule has 2 amide bonds. The number of amides is 2. The van der Waals surface area contributed by atoms with Crippen LogP contribution < -0.4 is 20.7 Å². The summed E-state index contributed by atoms with van der Waals surface area (Å²) in [4.78, 5) is 33.7. The van der Waals surface area contributed by atoms with Crippen molar-refractivity contribution in [2.75, 3.05) is 37.1 Å². The van der Waals surface area contributed by atoms with Crippen molar-refractivity contribution in [1.29, 1.82) is 0 Å². The first kappa shape index (κ1) is 25.1. The normalized spacial score (nSPS) is 20.1. The Morgan fingerprint density at radius 2 is 1.97 bits per heavy atom. The average molecular weight is 501 g/mol. The van der Waals surface area contributed by atoms with Gasteiger partial charge >= 0.3 is 0 Å². The summed E-state index contributed by atoms with van der Waals surface area (Å²) in [6.07, 6.45) is 1.69. The molecule has 1 aromatic carbocycles. The van der Waals surface area contributed by atoms with E-state index in [0.29, 0.717) is 13.0 Å². The highest BCUT2D eigenvalue weighted by Crippen LogP contribution is 2.34. The van der Waals surface area contributed by atoms with Crippen LogP contribution in [0.2, 0.25) is 0 Å². The van der Waals surface area contributed by atoms with Crippen LogP contribution in [-0.2, 0) is 9.59 Å². The van der Waals surface area contributed by atoms with Crippen LogP contribution in [0.5, 0.6) is 0 Å². The molecule has 0 unspecified atom stereocenters. The highest BCUT2D eigenvalue weighted by molar-refractivity contribution is 7.13. The van der Waals surface area contributed by atoms with E-state index in [-0.39, 0.29) is 6.04 Å². The Morgan fingerprint density at radius 1 is 1.23 bits per heavy atom. The molecule has 2 aliphatic heterocycles. The van der Waals surface area contributed by atoms with Crippen LogP contribution in [0.25, 0.3) is 0 Å². The van der Waals surface area contributed by atoms with Gasteiger partial charge in [0.15, 0.2) is 17.3 Å². The molecule has 188 valence electrons. The molecule has 0 radical (unpaired) electrons. The van der Waals surface area contributed by atoms with E-state index in [9.17, 15) is 19.8 Å². The van der Waals surface area contributed by atoms with Crippen LogP contribution in [0.15, 0.2) is 41.9 Å². The van der Waals surface area contributed by atoms with Crippen LogP contribution in [0.4, 0.5) is 10.8 Å². The summed E-state index contributed by atoms with van der Waals surface area (Å²) >= 11 is 1.48. The summed E-state index contributed by atoms with van der Waals surface area (Å²) in [6, 6.07) is 6.90. The van der Waals surface area contributed by atoms with Crippen LogP contribution >= 0.6 is 11.3 Å². The van der Waals surface area contributed by atoms with Gasteiger partial charge in [0.1, 0.15) is 0 Å². The zero-order valence-electron chi connectivity index (χ0n) is 20.1. The first-order valence-electron chi connectivity index (χ1n) is 11.7. The highest BCUT2D eigenvalue weighted by Gasteiger charge is 2.39. The van der Waals surface area contributed by atoms with E-state index >= 15 is 0 Å². The topological polar surface area (TPSA) is 121 Å². The SMILES string of the molecule is C[C@@H](NC(=O)[C@H](O)[C@@H](O)C(=O)N1CCC[C@@H]1c1csc(N(C)C)n1)c1ccc(N2C=CCN2)cc1. The lowest BCUT2D eigenvalue weighted by molar-refractivity contribution is -0.154. The molecule has 0 bridgehead atoms. The van der Waals surface area contributed by atoms with Gasteiger partial charge < -0.3 is 25.3 Å². The number of aromatic nitrogens is 1. The van der Waals surface area contributed by atoms with Crippen molar-refractivity contribution in [1.82, 2.24) is 20.6 Å². The number of aliphatic hydroxyl groups excluding tert-OH is 2. The van der Waals surface area contributed by atoms with Gasteiger partial charge in [-0.25, -0.2) is 10.4 Å². The Morgan fingerprint density at radius 3 is 2.60 bits per heavy atom. The lowest BCUT2D eigenvalue weighted by Gasteiger charge is -2.28. The van der Waals surface area contributed by atoms with Gasteiger partial charge in [-0.05, 0) is 37.5 Å². The number of carbonyl (C=O) groups is 2. The van der Waals surface area contributed by atoms with Gasteiger partial charge in [-0.1, -0.05) is 18.2 Å². The molecule has 2 aliphatic rings. The molecule has 10 nitrogen and oxygen atoms in total. The summed E-state index contributed by atoms with van der Waals surface area (Å²) in [5.41, 5.74) is 5.73. The molecule has 0 saturated carbocycles. The number of carbonyl (C=O) groups excluding carboxylic acids is 2. The van der Waals surface area contributed by atoms with E-state index in [0.717, 1.165) is 35.0 Å². The Labute approximate surface area is 208 Å². The first-order valence-corrected chi connectivity index (χ1v) is 12.5. The van der Waals surface area contributed by atoms with Gasteiger partial charge in [0.05, 0.1) is 23.5 Å². The second-order valence-electron chi connectivity index (χ2n) is 8.97. The molecule has 0 aliphatic carbocycles. The Bertz CT molecular complexity index is 1070. The number of rotatable bonds is 8. The fourth-order valence-electron chi connectivity index (χ4n) is 4.27. The van der Waals surface area contributed by atoms with Gasteiger partial charge in [-0.2, -0.15) is 0 Å². The number of hydrogen-bond donors (Lipinski definition) is 4. The lowest BCUT2D eigenvalue weighted by atomic mass is 10.1. The molecule has 1 fully saturated rings. The Balaban J connectivity index is 1.36. The maximum Gasteiger partial charge on any atom is 0.255 e. The molecule has 35 heavy (non-hydrogen) atoms. The zero-order chi connectivity index (χ0) is 25.1. The van der Waals surface area contributed by atoms with E-state index in [2.05, 4.69) is 15.7 Å². The summed E-state index contributed by atoms with van der Waals surface area (Å²) < 4.78 is 0. The number of nitrogens with zero attached hydrogens (tertiary/aromatic N) is 4.